The van der Waals surface area contributed by atoms with Crippen LogP contribution < -0.4 is 4.74 Å². The molecule has 1 N–H and O–H groups in total. The Morgan fingerprint density at radius 1 is 0.905 bits per heavy atom. The topological polar surface area (TPSA) is 63.6 Å². The van der Waals surface area contributed by atoms with Crippen molar-refractivity contribution < 1.29 is 19.4 Å². The second-order valence-electron chi connectivity index (χ2n) is 3.96. The zero-order valence-corrected chi connectivity index (χ0v) is 12.3. The van der Waals surface area contributed by atoms with Crippen LogP contribution in [-0.2, 0) is 0 Å². The standard InChI is InChI=1S/C15H12O4.C2H6/c1-10(16)11-6-3-5-9-14(11)19-15(18)12-7-2-4-8-13(12)17;1-2/h2-9,17H,1H3;1-2H3. The van der Waals surface area contributed by atoms with E-state index in [0.29, 0.717) is 5.56 Å². The summed E-state index contributed by atoms with van der Waals surface area (Å²) in [6, 6.07) is 12.5. The molecule has 0 saturated heterocycles. The third-order valence-electron chi connectivity index (χ3n) is 2.59. The molecule has 110 valence electrons. The Kier molecular flexibility index (Phi) is 6.14. The van der Waals surface area contributed by atoms with Crippen LogP contribution in [0.1, 0.15) is 41.5 Å². The highest BCUT2D eigenvalue weighted by atomic mass is 16.5. The molecule has 0 unspecified atom stereocenters. The zero-order valence-electron chi connectivity index (χ0n) is 12.3. The average molecular weight is 286 g/mol. The Hall–Kier alpha value is -2.62. The van der Waals surface area contributed by atoms with Crippen molar-refractivity contribution in [1.29, 1.82) is 0 Å². The fourth-order valence-electron chi connectivity index (χ4n) is 1.65. The minimum Gasteiger partial charge on any atom is -0.507 e. The first-order valence-corrected chi connectivity index (χ1v) is 6.69. The van der Waals surface area contributed by atoms with E-state index in [1.807, 2.05) is 13.8 Å². The van der Waals surface area contributed by atoms with Crippen LogP contribution in [0, 0.1) is 0 Å². The van der Waals surface area contributed by atoms with Gasteiger partial charge in [-0.2, -0.15) is 0 Å². The number of para-hydroxylation sites is 2. The lowest BCUT2D eigenvalue weighted by atomic mass is 10.1. The molecule has 0 fully saturated rings. The van der Waals surface area contributed by atoms with Crippen molar-refractivity contribution in [3.63, 3.8) is 0 Å². The van der Waals surface area contributed by atoms with Crippen molar-refractivity contribution >= 4 is 11.8 Å². The summed E-state index contributed by atoms with van der Waals surface area (Å²) in [7, 11) is 0. The number of rotatable bonds is 3. The first kappa shape index (κ1) is 16.4. The first-order chi connectivity index (χ1) is 10.1. The van der Waals surface area contributed by atoms with Crippen LogP contribution in [0.4, 0.5) is 0 Å². The van der Waals surface area contributed by atoms with Gasteiger partial charge in [0.25, 0.3) is 0 Å². The van der Waals surface area contributed by atoms with Gasteiger partial charge in [-0.3, -0.25) is 4.79 Å². The van der Waals surface area contributed by atoms with Gasteiger partial charge in [0, 0.05) is 0 Å². The summed E-state index contributed by atoms with van der Waals surface area (Å²) in [5.41, 5.74) is 0.382. The van der Waals surface area contributed by atoms with Gasteiger partial charge in [0.05, 0.1) is 5.56 Å². The normalized spacial score (nSPS) is 9.29. The van der Waals surface area contributed by atoms with Crippen molar-refractivity contribution in [2.24, 2.45) is 0 Å². The molecule has 0 saturated carbocycles. The van der Waals surface area contributed by atoms with Gasteiger partial charge in [-0.1, -0.05) is 38.1 Å². The SMILES string of the molecule is CC.CC(=O)c1ccccc1OC(=O)c1ccccc1O. The molecule has 0 aromatic heterocycles. The van der Waals surface area contributed by atoms with Gasteiger partial charge in [-0.15, -0.1) is 0 Å². The van der Waals surface area contributed by atoms with E-state index < -0.39 is 5.97 Å². The molecule has 4 heteroatoms. The average Bonchev–Trinajstić information content (AvgIpc) is 2.50. The molecule has 0 aliphatic carbocycles. The predicted molar refractivity (Wildman–Crippen MR) is 80.9 cm³/mol. The van der Waals surface area contributed by atoms with Crippen LogP contribution in [-0.4, -0.2) is 16.9 Å². The highest BCUT2D eigenvalue weighted by molar-refractivity contribution is 5.99. The van der Waals surface area contributed by atoms with Gasteiger partial charge in [0.1, 0.15) is 17.1 Å². The van der Waals surface area contributed by atoms with Crippen molar-refractivity contribution in [2.75, 3.05) is 0 Å². The summed E-state index contributed by atoms with van der Waals surface area (Å²) < 4.78 is 5.15. The third kappa shape index (κ3) is 4.18. The van der Waals surface area contributed by atoms with Crippen LogP contribution in [0.2, 0.25) is 0 Å². The summed E-state index contributed by atoms with van der Waals surface area (Å²) in [5.74, 6) is -0.872. The Balaban J connectivity index is 0.00000106. The summed E-state index contributed by atoms with van der Waals surface area (Å²) in [6.07, 6.45) is 0. The van der Waals surface area contributed by atoms with Crippen LogP contribution in [0.25, 0.3) is 0 Å². The summed E-state index contributed by atoms with van der Waals surface area (Å²) >= 11 is 0. The van der Waals surface area contributed by atoms with Crippen LogP contribution >= 0.6 is 0 Å². The Bertz CT molecular complexity index is 632. The van der Waals surface area contributed by atoms with Gasteiger partial charge in [-0.25, -0.2) is 4.79 Å². The maximum atomic E-state index is 11.9. The summed E-state index contributed by atoms with van der Waals surface area (Å²) in [4.78, 5) is 23.3. The minimum atomic E-state index is -0.702. The summed E-state index contributed by atoms with van der Waals surface area (Å²) in [6.45, 7) is 5.40. The van der Waals surface area contributed by atoms with Gasteiger partial charge in [-0.05, 0) is 31.2 Å². The number of hydrogen-bond acceptors (Lipinski definition) is 4. The third-order valence-corrected chi connectivity index (χ3v) is 2.59. The smallest absolute Gasteiger partial charge is 0.347 e. The number of carbonyl (C=O) groups excluding carboxylic acids is 2. The van der Waals surface area contributed by atoms with E-state index in [1.54, 1.807) is 30.3 Å². The zero-order chi connectivity index (χ0) is 15.8. The molecule has 0 spiro atoms. The number of ketones is 1. The van der Waals surface area contributed by atoms with Crippen molar-refractivity contribution in [1.82, 2.24) is 0 Å². The largest absolute Gasteiger partial charge is 0.507 e. The molecule has 0 heterocycles. The number of aromatic hydroxyl groups is 1. The van der Waals surface area contributed by atoms with Gasteiger partial charge < -0.3 is 9.84 Å². The van der Waals surface area contributed by atoms with Crippen molar-refractivity contribution in [2.45, 2.75) is 20.8 Å². The number of phenols is 1. The molecule has 2 rings (SSSR count). The number of carbonyl (C=O) groups is 2. The maximum Gasteiger partial charge on any atom is 0.347 e. The molecule has 0 radical (unpaired) electrons. The molecule has 0 aliphatic heterocycles. The van der Waals surface area contributed by atoms with Gasteiger partial charge >= 0.3 is 5.97 Å². The highest BCUT2D eigenvalue weighted by Gasteiger charge is 2.16. The second-order valence-corrected chi connectivity index (χ2v) is 3.96. The molecule has 4 nitrogen and oxygen atoms in total. The summed E-state index contributed by atoms with van der Waals surface area (Å²) in [5, 5.41) is 9.57. The number of Topliss-reactive ketones (excluding diaryl/α,β-unsaturated/α-hetero) is 1. The Morgan fingerprint density at radius 3 is 2.00 bits per heavy atom. The maximum absolute atomic E-state index is 11.9. The number of benzene rings is 2. The molecule has 21 heavy (non-hydrogen) atoms. The molecule has 0 amide bonds. The molecule has 0 atom stereocenters. The van der Waals surface area contributed by atoms with Crippen molar-refractivity contribution in [3.8, 4) is 11.5 Å². The number of hydrogen-bond donors (Lipinski definition) is 1. The Morgan fingerprint density at radius 2 is 1.43 bits per heavy atom. The van der Waals surface area contributed by atoms with E-state index >= 15 is 0 Å². The molecular weight excluding hydrogens is 268 g/mol. The Labute approximate surface area is 124 Å². The van der Waals surface area contributed by atoms with Crippen LogP contribution in [0.5, 0.6) is 11.5 Å². The molecule has 2 aromatic carbocycles. The van der Waals surface area contributed by atoms with Gasteiger partial charge in [0.2, 0.25) is 0 Å². The van der Waals surface area contributed by atoms with E-state index in [1.165, 1.54) is 25.1 Å². The van der Waals surface area contributed by atoms with E-state index in [2.05, 4.69) is 0 Å². The number of ether oxygens (including phenoxy) is 1. The molecule has 2 aromatic rings. The van der Waals surface area contributed by atoms with E-state index in [4.69, 9.17) is 4.74 Å². The molecule has 0 bridgehead atoms. The van der Waals surface area contributed by atoms with Crippen LogP contribution in [0.15, 0.2) is 48.5 Å². The lowest BCUT2D eigenvalue weighted by Gasteiger charge is -2.08. The fraction of sp³-hybridized carbons (Fsp3) is 0.176. The van der Waals surface area contributed by atoms with E-state index in [9.17, 15) is 14.7 Å². The lowest BCUT2D eigenvalue weighted by molar-refractivity contribution is 0.0730. The highest BCUT2D eigenvalue weighted by Crippen LogP contribution is 2.22. The quantitative estimate of drug-likeness (QED) is 0.529. The monoisotopic (exact) mass is 286 g/mol. The first-order valence-electron chi connectivity index (χ1n) is 6.69. The van der Waals surface area contributed by atoms with Gasteiger partial charge in [0.15, 0.2) is 5.78 Å². The minimum absolute atomic E-state index is 0.0563. The number of esters is 1. The van der Waals surface area contributed by atoms with Crippen LogP contribution in [0.3, 0.4) is 0 Å². The second kappa shape index (κ2) is 7.85. The molecule has 0 aliphatic rings. The number of phenolic OH excluding ortho intramolecular Hbond substituents is 1. The van der Waals surface area contributed by atoms with E-state index in [-0.39, 0.29) is 22.8 Å². The van der Waals surface area contributed by atoms with Crippen molar-refractivity contribution in [3.05, 3.63) is 59.7 Å². The fourth-order valence-corrected chi connectivity index (χ4v) is 1.65. The predicted octanol–water partition coefficient (Wildman–Crippen LogP) is 3.84. The molecular formula is C17H18O4. The lowest BCUT2D eigenvalue weighted by Crippen LogP contribution is -2.11. The van der Waals surface area contributed by atoms with E-state index in [0.717, 1.165) is 0 Å².